The molecule has 0 saturated heterocycles. The maximum atomic E-state index is 12.4. The normalized spacial score (nSPS) is 14.4. The van der Waals surface area contributed by atoms with E-state index < -0.39 is 10.0 Å². The van der Waals surface area contributed by atoms with Gasteiger partial charge in [0.2, 0.25) is 10.0 Å². The molecule has 7 heteroatoms. The van der Waals surface area contributed by atoms with Crippen LogP contribution >= 0.6 is 11.8 Å². The van der Waals surface area contributed by atoms with Gasteiger partial charge in [0.15, 0.2) is 0 Å². The Morgan fingerprint density at radius 1 is 1.12 bits per heavy atom. The summed E-state index contributed by atoms with van der Waals surface area (Å²) in [7, 11) is -3.57. The Morgan fingerprint density at radius 3 is 2.46 bits per heavy atom. The summed E-state index contributed by atoms with van der Waals surface area (Å²) in [6, 6.07) is 13.6. The van der Waals surface area contributed by atoms with E-state index in [2.05, 4.69) is 10.0 Å². The lowest BCUT2D eigenvalue weighted by Crippen LogP contribution is -2.26. The SMILES string of the molecule is CSc1ccc(NC(=O)c2cccc(S(=O)(=O)NC3CC3)c2)cc1. The average Bonchev–Trinajstić information content (AvgIpc) is 3.39. The molecule has 0 aliphatic heterocycles. The molecule has 1 amide bonds. The van der Waals surface area contributed by atoms with Gasteiger partial charge in [-0.25, -0.2) is 13.1 Å². The van der Waals surface area contributed by atoms with Crippen molar-refractivity contribution in [2.75, 3.05) is 11.6 Å². The van der Waals surface area contributed by atoms with Gasteiger partial charge in [0.1, 0.15) is 0 Å². The van der Waals surface area contributed by atoms with Crippen molar-refractivity contribution in [3.63, 3.8) is 0 Å². The molecule has 2 aromatic rings. The first kappa shape index (κ1) is 17.0. The second kappa shape index (κ2) is 6.96. The van der Waals surface area contributed by atoms with E-state index in [1.807, 2.05) is 30.5 Å². The summed E-state index contributed by atoms with van der Waals surface area (Å²) in [4.78, 5) is 13.6. The van der Waals surface area contributed by atoms with Gasteiger partial charge in [-0.1, -0.05) is 6.07 Å². The van der Waals surface area contributed by atoms with Crippen LogP contribution in [0, 0.1) is 0 Å². The van der Waals surface area contributed by atoms with Crippen LogP contribution in [-0.4, -0.2) is 26.6 Å². The zero-order chi connectivity index (χ0) is 17.2. The zero-order valence-electron chi connectivity index (χ0n) is 13.2. The molecule has 1 saturated carbocycles. The second-order valence-corrected chi connectivity index (χ2v) is 8.20. The van der Waals surface area contributed by atoms with Crippen LogP contribution in [0.4, 0.5) is 5.69 Å². The van der Waals surface area contributed by atoms with Gasteiger partial charge in [0.25, 0.3) is 5.91 Å². The van der Waals surface area contributed by atoms with Crippen molar-refractivity contribution >= 4 is 33.4 Å². The molecular formula is C17H18N2O3S2. The molecule has 0 bridgehead atoms. The molecule has 0 aromatic heterocycles. The maximum Gasteiger partial charge on any atom is 0.255 e. The molecule has 1 aliphatic rings. The lowest BCUT2D eigenvalue weighted by molar-refractivity contribution is 0.102. The number of nitrogens with one attached hydrogen (secondary N) is 2. The molecule has 0 atom stereocenters. The van der Waals surface area contributed by atoms with Crippen molar-refractivity contribution in [2.45, 2.75) is 28.7 Å². The smallest absolute Gasteiger partial charge is 0.255 e. The van der Waals surface area contributed by atoms with Gasteiger partial charge in [0.05, 0.1) is 4.90 Å². The number of thioether (sulfide) groups is 1. The third-order valence-corrected chi connectivity index (χ3v) is 5.92. The molecule has 1 fully saturated rings. The highest BCUT2D eigenvalue weighted by molar-refractivity contribution is 7.98. The third-order valence-electron chi connectivity index (χ3n) is 3.65. The number of anilines is 1. The molecule has 3 rings (SSSR count). The van der Waals surface area contributed by atoms with Crippen LogP contribution in [0.2, 0.25) is 0 Å². The van der Waals surface area contributed by atoms with E-state index in [1.165, 1.54) is 12.1 Å². The zero-order valence-corrected chi connectivity index (χ0v) is 14.8. The summed E-state index contributed by atoms with van der Waals surface area (Å²) in [5.74, 6) is -0.338. The van der Waals surface area contributed by atoms with Crippen LogP contribution in [0.25, 0.3) is 0 Å². The Kier molecular flexibility index (Phi) is 4.93. The van der Waals surface area contributed by atoms with Gasteiger partial charge >= 0.3 is 0 Å². The van der Waals surface area contributed by atoms with E-state index in [4.69, 9.17) is 0 Å². The Morgan fingerprint density at radius 2 is 1.83 bits per heavy atom. The van der Waals surface area contributed by atoms with Gasteiger partial charge in [-0.2, -0.15) is 0 Å². The largest absolute Gasteiger partial charge is 0.322 e. The monoisotopic (exact) mass is 362 g/mol. The number of rotatable bonds is 6. The molecule has 0 heterocycles. The molecule has 24 heavy (non-hydrogen) atoms. The predicted octanol–water partition coefficient (Wildman–Crippen LogP) is 3.10. The Labute approximate surface area is 145 Å². The number of sulfonamides is 1. The van der Waals surface area contributed by atoms with Crippen molar-refractivity contribution in [1.82, 2.24) is 4.72 Å². The van der Waals surface area contributed by atoms with Gasteiger partial charge in [0, 0.05) is 22.2 Å². The quantitative estimate of drug-likeness (QED) is 0.774. The van der Waals surface area contributed by atoms with E-state index in [1.54, 1.807) is 23.9 Å². The van der Waals surface area contributed by atoms with Gasteiger partial charge in [-0.05, 0) is 61.6 Å². The van der Waals surface area contributed by atoms with Gasteiger partial charge in [-0.15, -0.1) is 11.8 Å². The summed E-state index contributed by atoms with van der Waals surface area (Å²) in [6.45, 7) is 0. The topological polar surface area (TPSA) is 75.3 Å². The third kappa shape index (κ3) is 4.17. The summed E-state index contributed by atoms with van der Waals surface area (Å²) in [5.41, 5.74) is 0.977. The molecule has 0 unspecified atom stereocenters. The van der Waals surface area contributed by atoms with Crippen LogP contribution in [0.1, 0.15) is 23.2 Å². The second-order valence-electron chi connectivity index (χ2n) is 5.61. The summed E-state index contributed by atoms with van der Waals surface area (Å²) in [5, 5.41) is 2.78. The summed E-state index contributed by atoms with van der Waals surface area (Å²) >= 11 is 1.62. The van der Waals surface area contributed by atoms with E-state index in [0.717, 1.165) is 17.7 Å². The molecule has 0 spiro atoms. The first-order chi connectivity index (χ1) is 11.5. The van der Waals surface area contributed by atoms with Crippen LogP contribution in [0.15, 0.2) is 58.3 Å². The molecular weight excluding hydrogens is 344 g/mol. The number of hydrogen-bond acceptors (Lipinski definition) is 4. The van der Waals surface area contributed by atoms with Crippen molar-refractivity contribution in [3.05, 3.63) is 54.1 Å². The minimum Gasteiger partial charge on any atom is -0.322 e. The number of carbonyl (C=O) groups is 1. The van der Waals surface area contributed by atoms with Gasteiger partial charge in [-0.3, -0.25) is 4.79 Å². The fourth-order valence-electron chi connectivity index (χ4n) is 2.17. The minimum absolute atomic E-state index is 0.0300. The van der Waals surface area contributed by atoms with Crippen molar-refractivity contribution in [3.8, 4) is 0 Å². The molecule has 1 aliphatic carbocycles. The highest BCUT2D eigenvalue weighted by atomic mass is 32.2. The predicted molar refractivity (Wildman–Crippen MR) is 96.0 cm³/mol. The van der Waals surface area contributed by atoms with Crippen LogP contribution < -0.4 is 10.0 Å². The first-order valence-corrected chi connectivity index (χ1v) is 10.3. The van der Waals surface area contributed by atoms with E-state index in [9.17, 15) is 13.2 Å². The highest BCUT2D eigenvalue weighted by Gasteiger charge is 2.28. The fraction of sp³-hybridized carbons (Fsp3) is 0.235. The highest BCUT2D eigenvalue weighted by Crippen LogP contribution is 2.23. The molecule has 2 N–H and O–H groups in total. The average molecular weight is 362 g/mol. The molecule has 0 radical (unpaired) electrons. The van der Waals surface area contributed by atoms with E-state index >= 15 is 0 Å². The summed E-state index contributed by atoms with van der Waals surface area (Å²) in [6.07, 6.45) is 3.71. The summed E-state index contributed by atoms with van der Waals surface area (Å²) < 4.78 is 27.1. The molecule has 2 aromatic carbocycles. The number of amides is 1. The Bertz CT molecular complexity index is 844. The number of carbonyl (C=O) groups excluding carboxylic acids is 1. The van der Waals surface area contributed by atoms with Crippen molar-refractivity contribution in [1.29, 1.82) is 0 Å². The van der Waals surface area contributed by atoms with E-state index in [0.29, 0.717) is 11.3 Å². The maximum absolute atomic E-state index is 12.4. The van der Waals surface area contributed by atoms with Crippen LogP contribution in [0.5, 0.6) is 0 Å². The molecule has 126 valence electrons. The van der Waals surface area contributed by atoms with Crippen molar-refractivity contribution < 1.29 is 13.2 Å². The fourth-order valence-corrected chi connectivity index (χ4v) is 3.93. The minimum atomic E-state index is -3.57. The number of hydrogen-bond donors (Lipinski definition) is 2. The number of benzene rings is 2. The Balaban J connectivity index is 1.76. The standard InChI is InChI=1S/C17H18N2O3S2/c1-23-15-9-7-13(8-10-15)18-17(20)12-3-2-4-16(11-12)24(21,22)19-14-5-6-14/h2-4,7-11,14,19H,5-6H2,1H3,(H,18,20). The van der Waals surface area contributed by atoms with Crippen LogP contribution in [0.3, 0.4) is 0 Å². The Hall–Kier alpha value is -1.83. The van der Waals surface area contributed by atoms with Crippen molar-refractivity contribution in [2.24, 2.45) is 0 Å². The lowest BCUT2D eigenvalue weighted by atomic mass is 10.2. The van der Waals surface area contributed by atoms with Gasteiger partial charge < -0.3 is 5.32 Å². The molecule has 5 nitrogen and oxygen atoms in total. The van der Waals surface area contributed by atoms with E-state index in [-0.39, 0.29) is 16.8 Å². The lowest BCUT2D eigenvalue weighted by Gasteiger charge is -2.09. The van der Waals surface area contributed by atoms with Crippen LogP contribution in [-0.2, 0) is 10.0 Å². The first-order valence-electron chi connectivity index (χ1n) is 7.56.